The van der Waals surface area contributed by atoms with Crippen molar-refractivity contribution in [2.24, 2.45) is 0 Å². The Morgan fingerprint density at radius 2 is 1.85 bits per heavy atom. The van der Waals surface area contributed by atoms with Gasteiger partial charge >= 0.3 is 6.18 Å². The van der Waals surface area contributed by atoms with E-state index < -0.39 is 12.1 Å². The molecule has 1 aromatic rings. The lowest BCUT2D eigenvalue weighted by Crippen LogP contribution is -2.76. The van der Waals surface area contributed by atoms with E-state index in [1.54, 1.807) is 13.2 Å². The summed E-state index contributed by atoms with van der Waals surface area (Å²) in [5, 5.41) is 18.7. The van der Waals surface area contributed by atoms with Crippen molar-refractivity contribution in [1.82, 2.24) is 0 Å². The van der Waals surface area contributed by atoms with Crippen molar-refractivity contribution in [2.45, 2.75) is 69.7 Å². The zero-order chi connectivity index (χ0) is 20.8. The SMILES string of the molecule is CCCC1(CCC)c2cc(O)ccc2CC(OC)C1[NH3+].O=C([O-])C(F)(F)F. The van der Waals surface area contributed by atoms with Gasteiger partial charge in [-0.3, -0.25) is 0 Å². The summed E-state index contributed by atoms with van der Waals surface area (Å²) < 4.78 is 37.3. The Balaban J connectivity index is 0.000000445. The van der Waals surface area contributed by atoms with Crippen LogP contribution in [0, 0.1) is 0 Å². The maximum atomic E-state index is 10.5. The van der Waals surface area contributed by atoms with E-state index in [0.29, 0.717) is 5.75 Å². The molecule has 0 heterocycles. The number of aliphatic carboxylic acids is 1. The van der Waals surface area contributed by atoms with Crippen LogP contribution in [0.4, 0.5) is 13.2 Å². The third kappa shape index (κ3) is 5.35. The normalized spacial score (nSPS) is 21.0. The molecule has 154 valence electrons. The number of quaternary nitrogens is 1. The molecule has 0 fully saturated rings. The largest absolute Gasteiger partial charge is 0.542 e. The van der Waals surface area contributed by atoms with E-state index in [2.05, 4.69) is 25.6 Å². The van der Waals surface area contributed by atoms with Gasteiger partial charge in [0.1, 0.15) is 23.9 Å². The van der Waals surface area contributed by atoms with Gasteiger partial charge in [-0.25, -0.2) is 0 Å². The van der Waals surface area contributed by atoms with Crippen LogP contribution in [0.2, 0.25) is 0 Å². The molecule has 2 unspecified atom stereocenters. The second-order valence-corrected chi connectivity index (χ2v) is 6.87. The van der Waals surface area contributed by atoms with Crippen LogP contribution >= 0.6 is 0 Å². The van der Waals surface area contributed by atoms with Crippen LogP contribution in [0.3, 0.4) is 0 Å². The van der Waals surface area contributed by atoms with Gasteiger partial charge in [-0.2, -0.15) is 13.2 Å². The van der Waals surface area contributed by atoms with Crippen molar-refractivity contribution in [3.63, 3.8) is 0 Å². The summed E-state index contributed by atoms with van der Waals surface area (Å²) in [6.07, 6.45) is 0.325. The second-order valence-electron chi connectivity index (χ2n) is 6.87. The average molecular weight is 391 g/mol. The standard InChI is InChI=1S/C17H27NO2.C2HF3O2/c1-4-8-17(9-5-2)14-11-13(19)7-6-12(14)10-15(20-3)16(17)18;3-2(4,5)1(6)7/h6-7,11,15-16,19H,4-5,8-10,18H2,1-3H3;(H,6,7). The number of phenols is 1. The zero-order valence-electron chi connectivity index (χ0n) is 15.9. The monoisotopic (exact) mass is 391 g/mol. The predicted octanol–water partition coefficient (Wildman–Crippen LogP) is 1.71. The van der Waals surface area contributed by atoms with E-state index in [-0.39, 0.29) is 17.6 Å². The summed E-state index contributed by atoms with van der Waals surface area (Å²) in [4.78, 5) is 8.78. The molecule has 0 spiro atoms. The van der Waals surface area contributed by atoms with Crippen LogP contribution < -0.4 is 10.8 Å². The number of methoxy groups -OCH3 is 1. The Morgan fingerprint density at radius 1 is 1.33 bits per heavy atom. The van der Waals surface area contributed by atoms with Gasteiger partial charge in [0.15, 0.2) is 0 Å². The summed E-state index contributed by atoms with van der Waals surface area (Å²) in [6.45, 7) is 4.45. The van der Waals surface area contributed by atoms with E-state index in [1.807, 2.05) is 6.07 Å². The molecule has 8 heteroatoms. The Morgan fingerprint density at radius 3 is 2.26 bits per heavy atom. The lowest BCUT2D eigenvalue weighted by Gasteiger charge is -2.45. The number of fused-ring (bicyclic) bond motifs is 1. The molecule has 2 atom stereocenters. The first kappa shape index (κ1) is 23.2. The number of hydrogen-bond donors (Lipinski definition) is 2. The van der Waals surface area contributed by atoms with Gasteiger partial charge in [-0.1, -0.05) is 32.8 Å². The van der Waals surface area contributed by atoms with Crippen molar-refractivity contribution >= 4 is 5.97 Å². The smallest absolute Gasteiger partial charge is 0.430 e. The fourth-order valence-electron chi connectivity index (χ4n) is 4.03. The highest BCUT2D eigenvalue weighted by Crippen LogP contribution is 2.44. The maximum Gasteiger partial charge on any atom is 0.430 e. The number of benzene rings is 1. The van der Waals surface area contributed by atoms with Crippen molar-refractivity contribution < 1.29 is 38.6 Å². The molecule has 1 aliphatic rings. The number of ether oxygens (including phenoxy) is 1. The number of alkyl halides is 3. The predicted molar refractivity (Wildman–Crippen MR) is 91.8 cm³/mol. The molecule has 0 saturated carbocycles. The molecule has 2 rings (SSSR count). The van der Waals surface area contributed by atoms with E-state index >= 15 is 0 Å². The Kier molecular flexibility index (Phi) is 8.10. The van der Waals surface area contributed by atoms with Gasteiger partial charge in [-0.15, -0.1) is 0 Å². The summed E-state index contributed by atoms with van der Waals surface area (Å²) in [5.41, 5.74) is 7.12. The number of halogens is 3. The van der Waals surface area contributed by atoms with Gasteiger partial charge < -0.3 is 25.5 Å². The molecule has 4 N–H and O–H groups in total. The first-order valence-corrected chi connectivity index (χ1v) is 8.99. The molecular formula is C19H28F3NO4. The fourth-order valence-corrected chi connectivity index (χ4v) is 4.03. The third-order valence-electron chi connectivity index (χ3n) is 5.14. The number of phenolic OH excluding ortho intramolecular Hbond substituents is 1. The van der Waals surface area contributed by atoms with Crippen molar-refractivity contribution in [2.75, 3.05) is 7.11 Å². The topological polar surface area (TPSA) is 97.2 Å². The van der Waals surface area contributed by atoms with Gasteiger partial charge in [0.25, 0.3) is 0 Å². The summed E-state index contributed by atoms with van der Waals surface area (Å²) >= 11 is 0. The Labute approximate surface area is 157 Å². The van der Waals surface area contributed by atoms with Crippen molar-refractivity contribution in [1.29, 1.82) is 0 Å². The molecule has 0 amide bonds. The lowest BCUT2D eigenvalue weighted by atomic mass is 9.61. The molecule has 0 aromatic heterocycles. The van der Waals surface area contributed by atoms with Crippen molar-refractivity contribution in [3.8, 4) is 5.75 Å². The molecule has 27 heavy (non-hydrogen) atoms. The molecule has 0 radical (unpaired) electrons. The maximum absolute atomic E-state index is 10.5. The number of rotatable bonds is 5. The molecule has 5 nitrogen and oxygen atoms in total. The number of hydrogen-bond acceptors (Lipinski definition) is 4. The van der Waals surface area contributed by atoms with Gasteiger partial charge in [0, 0.05) is 13.5 Å². The van der Waals surface area contributed by atoms with Crippen LogP contribution in [0.5, 0.6) is 5.75 Å². The highest BCUT2D eigenvalue weighted by molar-refractivity contribution is 5.70. The highest BCUT2D eigenvalue weighted by Gasteiger charge is 2.48. The van der Waals surface area contributed by atoms with E-state index in [4.69, 9.17) is 14.6 Å². The van der Waals surface area contributed by atoms with Crippen molar-refractivity contribution in [3.05, 3.63) is 29.3 Å². The highest BCUT2D eigenvalue weighted by atomic mass is 19.4. The minimum absolute atomic E-state index is 0.0382. The van der Waals surface area contributed by atoms with E-state index in [9.17, 15) is 18.3 Å². The van der Waals surface area contributed by atoms with Crippen LogP contribution in [0.15, 0.2) is 18.2 Å². The summed E-state index contributed by atoms with van der Waals surface area (Å²) in [6, 6.07) is 6.05. The molecule has 0 saturated heterocycles. The number of carboxylic acids is 1. The van der Waals surface area contributed by atoms with Gasteiger partial charge in [0.05, 0.1) is 5.41 Å². The first-order chi connectivity index (χ1) is 12.5. The third-order valence-corrected chi connectivity index (χ3v) is 5.14. The van der Waals surface area contributed by atoms with Gasteiger partial charge in [0.2, 0.25) is 0 Å². The average Bonchev–Trinajstić information content (AvgIpc) is 2.58. The number of carboxylic acid groups (broad SMARTS) is 1. The Bertz CT molecular complexity index is 628. The first-order valence-electron chi connectivity index (χ1n) is 8.99. The number of carbonyl (C=O) groups excluding carboxylic acids is 1. The Hall–Kier alpha value is -1.80. The van der Waals surface area contributed by atoms with Gasteiger partial charge in [-0.05, 0) is 36.1 Å². The second kappa shape index (κ2) is 9.41. The minimum atomic E-state index is -5.19. The summed E-state index contributed by atoms with van der Waals surface area (Å²) in [5.74, 6) is -2.64. The van der Waals surface area contributed by atoms with E-state index in [0.717, 1.165) is 32.1 Å². The lowest BCUT2D eigenvalue weighted by molar-refractivity contribution is -0.459. The van der Waals surface area contributed by atoms with Crippen LogP contribution in [0.1, 0.15) is 50.7 Å². The molecule has 1 aromatic carbocycles. The number of aromatic hydroxyl groups is 1. The quantitative estimate of drug-likeness (QED) is 0.799. The fraction of sp³-hybridized carbons (Fsp3) is 0.632. The zero-order valence-corrected chi connectivity index (χ0v) is 15.9. The van der Waals surface area contributed by atoms with Crippen LogP contribution in [0.25, 0.3) is 0 Å². The summed E-state index contributed by atoms with van der Waals surface area (Å²) in [7, 11) is 1.79. The molecule has 0 aliphatic heterocycles. The van der Waals surface area contributed by atoms with Crippen LogP contribution in [-0.4, -0.2) is 36.5 Å². The molecular weight excluding hydrogens is 363 g/mol. The molecule has 1 aliphatic carbocycles. The van der Waals surface area contributed by atoms with Crippen LogP contribution in [-0.2, 0) is 21.4 Å². The molecule has 0 bridgehead atoms. The van der Waals surface area contributed by atoms with E-state index in [1.165, 1.54) is 11.1 Å². The minimum Gasteiger partial charge on any atom is -0.542 e. The number of carbonyl (C=O) groups is 1.